The quantitative estimate of drug-likeness (QED) is 0.809. The van der Waals surface area contributed by atoms with Crippen LogP contribution in [0.4, 0.5) is 5.69 Å². The summed E-state index contributed by atoms with van der Waals surface area (Å²) in [6.07, 6.45) is 3.81. The van der Waals surface area contributed by atoms with E-state index in [2.05, 4.69) is 29.9 Å². The van der Waals surface area contributed by atoms with E-state index in [0.29, 0.717) is 6.04 Å². The molecule has 0 aliphatic rings. The second-order valence-corrected chi connectivity index (χ2v) is 5.03. The highest BCUT2D eigenvalue weighted by atomic mass is 15.3. The summed E-state index contributed by atoms with van der Waals surface area (Å²) >= 11 is 0. The summed E-state index contributed by atoms with van der Waals surface area (Å²) in [5.74, 6) is 0. The van der Waals surface area contributed by atoms with Gasteiger partial charge in [0.05, 0.1) is 6.54 Å². The summed E-state index contributed by atoms with van der Waals surface area (Å²) in [7, 11) is 0. The number of nitrogens with zero attached hydrogens (tertiary/aromatic N) is 3. The Labute approximate surface area is 114 Å². The molecule has 102 valence electrons. The van der Waals surface area contributed by atoms with Gasteiger partial charge in [0.2, 0.25) is 0 Å². The van der Waals surface area contributed by atoms with Gasteiger partial charge < -0.3 is 5.73 Å². The molecule has 0 saturated heterocycles. The molecule has 0 spiro atoms. The van der Waals surface area contributed by atoms with Gasteiger partial charge in [-0.2, -0.15) is 5.10 Å². The van der Waals surface area contributed by atoms with Crippen LogP contribution < -0.4 is 5.73 Å². The second kappa shape index (κ2) is 6.38. The highest BCUT2D eigenvalue weighted by molar-refractivity contribution is 5.46. The van der Waals surface area contributed by atoms with Crippen molar-refractivity contribution < 1.29 is 0 Å². The summed E-state index contributed by atoms with van der Waals surface area (Å²) in [6.45, 7) is 7.17. The topological polar surface area (TPSA) is 47.1 Å². The Hall–Kier alpha value is -1.81. The molecule has 2 aromatic rings. The molecule has 4 heteroatoms. The van der Waals surface area contributed by atoms with Gasteiger partial charge in [0.25, 0.3) is 0 Å². The largest absolute Gasteiger partial charge is 0.398 e. The van der Waals surface area contributed by atoms with Gasteiger partial charge in [0, 0.05) is 37.2 Å². The molecule has 0 amide bonds. The van der Waals surface area contributed by atoms with Crippen LogP contribution in [-0.4, -0.2) is 27.3 Å². The predicted molar refractivity (Wildman–Crippen MR) is 78.6 cm³/mol. The van der Waals surface area contributed by atoms with E-state index in [4.69, 9.17) is 5.73 Å². The van der Waals surface area contributed by atoms with Crippen molar-refractivity contribution in [2.75, 3.05) is 12.3 Å². The fraction of sp³-hybridized carbons (Fsp3) is 0.400. The lowest BCUT2D eigenvalue weighted by molar-refractivity contribution is 0.202. The molecule has 0 bridgehead atoms. The zero-order chi connectivity index (χ0) is 13.7. The molecule has 1 aromatic carbocycles. The molecule has 0 aliphatic heterocycles. The average Bonchev–Trinajstić information content (AvgIpc) is 2.89. The maximum absolute atomic E-state index is 6.02. The van der Waals surface area contributed by atoms with E-state index in [9.17, 15) is 0 Å². The maximum Gasteiger partial charge on any atom is 0.0536 e. The molecule has 1 aromatic heterocycles. The number of hydrogen-bond donors (Lipinski definition) is 1. The monoisotopic (exact) mass is 258 g/mol. The van der Waals surface area contributed by atoms with Crippen molar-refractivity contribution in [1.82, 2.24) is 14.7 Å². The molecule has 1 heterocycles. The van der Waals surface area contributed by atoms with Crippen LogP contribution in [0.25, 0.3) is 0 Å². The minimum atomic E-state index is 0.482. The van der Waals surface area contributed by atoms with Gasteiger partial charge in [-0.15, -0.1) is 0 Å². The van der Waals surface area contributed by atoms with E-state index < -0.39 is 0 Å². The van der Waals surface area contributed by atoms with Crippen LogP contribution in [0.2, 0.25) is 0 Å². The highest BCUT2D eigenvalue weighted by Crippen LogP contribution is 2.15. The molecule has 2 N–H and O–H groups in total. The number of nitrogens with two attached hydrogens (primary N) is 1. The smallest absolute Gasteiger partial charge is 0.0536 e. The lowest BCUT2D eigenvalue weighted by Crippen LogP contribution is -2.33. The van der Waals surface area contributed by atoms with Crippen molar-refractivity contribution in [3.05, 3.63) is 48.3 Å². The molecular weight excluding hydrogens is 236 g/mol. The Morgan fingerprint density at radius 2 is 2.05 bits per heavy atom. The molecule has 0 fully saturated rings. The van der Waals surface area contributed by atoms with Crippen LogP contribution in [0, 0.1) is 0 Å². The van der Waals surface area contributed by atoms with Crippen molar-refractivity contribution in [1.29, 1.82) is 0 Å². The first kappa shape index (κ1) is 13.6. The van der Waals surface area contributed by atoms with Gasteiger partial charge in [0.15, 0.2) is 0 Å². The van der Waals surface area contributed by atoms with E-state index in [1.807, 2.05) is 41.3 Å². The van der Waals surface area contributed by atoms with Gasteiger partial charge in [-0.25, -0.2) is 0 Å². The molecule has 0 atom stereocenters. The molecule has 0 saturated carbocycles. The lowest BCUT2D eigenvalue weighted by atomic mass is 10.1. The normalized spacial score (nSPS) is 11.4. The molecule has 0 aliphatic carbocycles. The number of para-hydroxylation sites is 1. The SMILES string of the molecule is CC(C)N(CCn1cccn1)Cc1ccccc1N. The third kappa shape index (κ3) is 3.83. The van der Waals surface area contributed by atoms with Crippen LogP contribution in [0.1, 0.15) is 19.4 Å². The summed E-state index contributed by atoms with van der Waals surface area (Å²) in [4.78, 5) is 2.41. The van der Waals surface area contributed by atoms with Crippen molar-refractivity contribution in [3.8, 4) is 0 Å². The number of aromatic nitrogens is 2. The van der Waals surface area contributed by atoms with Gasteiger partial charge in [-0.05, 0) is 31.5 Å². The Morgan fingerprint density at radius 1 is 1.26 bits per heavy atom. The van der Waals surface area contributed by atoms with Gasteiger partial charge in [-0.3, -0.25) is 9.58 Å². The molecular formula is C15H22N4. The van der Waals surface area contributed by atoms with Crippen LogP contribution in [0.5, 0.6) is 0 Å². The van der Waals surface area contributed by atoms with E-state index >= 15 is 0 Å². The highest BCUT2D eigenvalue weighted by Gasteiger charge is 2.11. The summed E-state index contributed by atoms with van der Waals surface area (Å²) in [6, 6.07) is 10.5. The molecule has 0 unspecified atom stereocenters. The number of rotatable bonds is 6. The number of anilines is 1. The zero-order valence-corrected chi connectivity index (χ0v) is 11.7. The minimum absolute atomic E-state index is 0.482. The Balaban J connectivity index is 1.98. The lowest BCUT2D eigenvalue weighted by Gasteiger charge is -2.27. The Bertz CT molecular complexity index is 491. The maximum atomic E-state index is 6.02. The second-order valence-electron chi connectivity index (χ2n) is 5.03. The van der Waals surface area contributed by atoms with Crippen LogP contribution in [-0.2, 0) is 13.1 Å². The first-order chi connectivity index (χ1) is 9.16. The van der Waals surface area contributed by atoms with Crippen LogP contribution in [0.3, 0.4) is 0 Å². The molecule has 19 heavy (non-hydrogen) atoms. The molecule has 0 radical (unpaired) electrons. The van der Waals surface area contributed by atoms with Gasteiger partial charge in [0.1, 0.15) is 0 Å². The van der Waals surface area contributed by atoms with E-state index in [1.54, 1.807) is 0 Å². The summed E-state index contributed by atoms with van der Waals surface area (Å²) in [5.41, 5.74) is 8.07. The first-order valence-electron chi connectivity index (χ1n) is 6.71. The standard InChI is InChI=1S/C15H22N4/c1-13(2)18(10-11-19-9-5-8-17-19)12-14-6-3-4-7-15(14)16/h3-9,13H,10-12,16H2,1-2H3. The zero-order valence-electron chi connectivity index (χ0n) is 11.7. The van der Waals surface area contributed by atoms with Crippen LogP contribution in [0.15, 0.2) is 42.7 Å². The van der Waals surface area contributed by atoms with Gasteiger partial charge >= 0.3 is 0 Å². The molecule has 2 rings (SSSR count). The number of hydrogen-bond acceptors (Lipinski definition) is 3. The predicted octanol–water partition coefficient (Wildman–Crippen LogP) is 2.38. The number of benzene rings is 1. The van der Waals surface area contributed by atoms with Crippen molar-refractivity contribution in [3.63, 3.8) is 0 Å². The van der Waals surface area contributed by atoms with E-state index in [-0.39, 0.29) is 0 Å². The average molecular weight is 258 g/mol. The first-order valence-corrected chi connectivity index (χ1v) is 6.71. The minimum Gasteiger partial charge on any atom is -0.398 e. The third-order valence-corrected chi connectivity index (χ3v) is 3.33. The van der Waals surface area contributed by atoms with Crippen molar-refractivity contribution in [2.45, 2.75) is 33.0 Å². The summed E-state index contributed by atoms with van der Waals surface area (Å²) < 4.78 is 1.96. The van der Waals surface area contributed by atoms with Crippen molar-refractivity contribution >= 4 is 5.69 Å². The fourth-order valence-corrected chi connectivity index (χ4v) is 2.08. The van der Waals surface area contributed by atoms with E-state index in [0.717, 1.165) is 25.3 Å². The fourth-order valence-electron chi connectivity index (χ4n) is 2.08. The van der Waals surface area contributed by atoms with Crippen molar-refractivity contribution in [2.24, 2.45) is 0 Å². The van der Waals surface area contributed by atoms with E-state index in [1.165, 1.54) is 5.56 Å². The molecule has 4 nitrogen and oxygen atoms in total. The Morgan fingerprint density at radius 3 is 2.68 bits per heavy atom. The van der Waals surface area contributed by atoms with Crippen LogP contribution >= 0.6 is 0 Å². The van der Waals surface area contributed by atoms with Gasteiger partial charge in [-0.1, -0.05) is 18.2 Å². The third-order valence-electron chi connectivity index (χ3n) is 3.33. The summed E-state index contributed by atoms with van der Waals surface area (Å²) in [5, 5.41) is 4.24. The number of nitrogen functional groups attached to an aromatic ring is 1. The Kier molecular flexibility index (Phi) is 4.58.